The highest BCUT2D eigenvalue weighted by molar-refractivity contribution is 5.96. The maximum absolute atomic E-state index is 12.1. The molecule has 5 heteroatoms. The Labute approximate surface area is 124 Å². The van der Waals surface area contributed by atoms with Crippen LogP contribution < -0.4 is 0 Å². The van der Waals surface area contributed by atoms with Crippen LogP contribution in [-0.2, 0) is 23.9 Å². The van der Waals surface area contributed by atoms with Crippen LogP contribution in [-0.4, -0.2) is 31.4 Å². The van der Waals surface area contributed by atoms with E-state index in [2.05, 4.69) is 0 Å². The summed E-state index contributed by atoms with van der Waals surface area (Å²) in [5, 5.41) is 0. The number of aldehydes is 1. The fourth-order valence-corrected chi connectivity index (χ4v) is 2.16. The predicted octanol–water partition coefficient (Wildman–Crippen LogP) is 2.10. The Bertz CT molecular complexity index is 451. The lowest BCUT2D eigenvalue weighted by molar-refractivity contribution is -0.162. The van der Waals surface area contributed by atoms with Gasteiger partial charge in [0.15, 0.2) is 5.92 Å². The normalized spacial score (nSPS) is 11.8. The number of hydrogen-bond acceptors (Lipinski definition) is 5. The van der Waals surface area contributed by atoms with Crippen LogP contribution in [0.3, 0.4) is 0 Å². The summed E-state index contributed by atoms with van der Waals surface area (Å²) in [5.74, 6) is -3.03. The highest BCUT2D eigenvalue weighted by Gasteiger charge is 2.38. The van der Waals surface area contributed by atoms with Crippen LogP contribution in [0.25, 0.3) is 0 Å². The quantitative estimate of drug-likeness (QED) is 0.417. The van der Waals surface area contributed by atoms with E-state index >= 15 is 0 Å². The lowest BCUT2D eigenvalue weighted by Gasteiger charge is -2.23. The fraction of sp³-hybridized carbons (Fsp3) is 0.438. The second kappa shape index (κ2) is 8.89. The first-order valence-corrected chi connectivity index (χ1v) is 6.97. The summed E-state index contributed by atoms with van der Waals surface area (Å²) >= 11 is 0. The number of ether oxygens (including phenoxy) is 2. The molecule has 0 aromatic heterocycles. The van der Waals surface area contributed by atoms with E-state index in [1.807, 2.05) is 6.07 Å². The average Bonchev–Trinajstić information content (AvgIpc) is 2.48. The van der Waals surface area contributed by atoms with Crippen molar-refractivity contribution in [1.29, 1.82) is 0 Å². The van der Waals surface area contributed by atoms with Gasteiger partial charge in [0.1, 0.15) is 6.29 Å². The van der Waals surface area contributed by atoms with Crippen molar-refractivity contribution in [2.75, 3.05) is 13.2 Å². The molecule has 0 N–H and O–H groups in total. The predicted molar refractivity (Wildman–Crippen MR) is 76.6 cm³/mol. The number of carbonyl (C=O) groups excluding carboxylic acids is 3. The molecule has 0 radical (unpaired) electrons. The van der Waals surface area contributed by atoms with Crippen LogP contribution in [0.1, 0.15) is 31.7 Å². The zero-order chi connectivity index (χ0) is 15.7. The topological polar surface area (TPSA) is 69.7 Å². The van der Waals surface area contributed by atoms with Gasteiger partial charge in [-0.2, -0.15) is 0 Å². The van der Waals surface area contributed by atoms with Crippen LogP contribution >= 0.6 is 0 Å². The van der Waals surface area contributed by atoms with Gasteiger partial charge in [-0.05, 0) is 19.4 Å². The lowest BCUT2D eigenvalue weighted by atomic mass is 9.84. The molecule has 0 saturated carbocycles. The van der Waals surface area contributed by atoms with E-state index in [0.717, 1.165) is 5.56 Å². The van der Waals surface area contributed by atoms with E-state index in [1.165, 1.54) is 0 Å². The molecule has 1 atom stereocenters. The minimum atomic E-state index is -1.13. The summed E-state index contributed by atoms with van der Waals surface area (Å²) in [7, 11) is 0. The van der Waals surface area contributed by atoms with Gasteiger partial charge in [-0.1, -0.05) is 30.3 Å². The van der Waals surface area contributed by atoms with Crippen molar-refractivity contribution in [1.82, 2.24) is 0 Å². The molecular formula is C16H20O5. The SMILES string of the molecule is CCOC(=O)C(C(=O)OCC)[C@@H](CC=O)c1ccccc1. The second-order valence-electron chi connectivity index (χ2n) is 4.40. The Hall–Kier alpha value is -2.17. The van der Waals surface area contributed by atoms with Crippen molar-refractivity contribution < 1.29 is 23.9 Å². The van der Waals surface area contributed by atoms with E-state index in [9.17, 15) is 14.4 Å². The van der Waals surface area contributed by atoms with E-state index in [-0.39, 0.29) is 19.6 Å². The maximum atomic E-state index is 12.1. The standard InChI is InChI=1S/C16H20O5/c1-3-20-15(18)14(16(19)21-4-2)13(10-11-17)12-8-6-5-7-9-12/h5-9,11,13-14H,3-4,10H2,1-2H3/t13-/m0/s1. The van der Waals surface area contributed by atoms with Gasteiger partial charge in [0.2, 0.25) is 0 Å². The van der Waals surface area contributed by atoms with Gasteiger partial charge in [-0.15, -0.1) is 0 Å². The summed E-state index contributed by atoms with van der Waals surface area (Å²) in [6.07, 6.45) is 0.745. The third-order valence-corrected chi connectivity index (χ3v) is 3.06. The van der Waals surface area contributed by atoms with Gasteiger partial charge in [0.05, 0.1) is 13.2 Å². The van der Waals surface area contributed by atoms with Crippen molar-refractivity contribution in [2.24, 2.45) is 5.92 Å². The first-order chi connectivity index (χ1) is 10.2. The van der Waals surface area contributed by atoms with E-state index in [0.29, 0.717) is 6.29 Å². The average molecular weight is 292 g/mol. The smallest absolute Gasteiger partial charge is 0.320 e. The van der Waals surface area contributed by atoms with Crippen molar-refractivity contribution in [3.63, 3.8) is 0 Å². The number of hydrogen-bond donors (Lipinski definition) is 0. The number of esters is 2. The van der Waals surface area contributed by atoms with E-state index in [4.69, 9.17) is 9.47 Å². The third-order valence-electron chi connectivity index (χ3n) is 3.06. The lowest BCUT2D eigenvalue weighted by Crippen LogP contribution is -2.33. The third kappa shape index (κ3) is 4.70. The van der Waals surface area contributed by atoms with Gasteiger partial charge >= 0.3 is 11.9 Å². The van der Waals surface area contributed by atoms with E-state index in [1.54, 1.807) is 38.1 Å². The fourth-order valence-electron chi connectivity index (χ4n) is 2.16. The van der Waals surface area contributed by atoms with Crippen molar-refractivity contribution >= 4 is 18.2 Å². The second-order valence-corrected chi connectivity index (χ2v) is 4.40. The molecule has 0 saturated heterocycles. The Balaban J connectivity index is 3.13. The summed E-state index contributed by atoms with van der Waals surface area (Å²) in [6.45, 7) is 3.66. The molecule has 0 aliphatic carbocycles. The molecule has 0 aliphatic rings. The molecule has 114 valence electrons. The van der Waals surface area contributed by atoms with Crippen LogP contribution in [0.5, 0.6) is 0 Å². The van der Waals surface area contributed by atoms with Crippen LogP contribution in [0, 0.1) is 5.92 Å². The maximum Gasteiger partial charge on any atom is 0.320 e. The Morgan fingerprint density at radius 3 is 2.00 bits per heavy atom. The number of carbonyl (C=O) groups is 3. The Kier molecular flexibility index (Phi) is 7.15. The van der Waals surface area contributed by atoms with Crippen LogP contribution in [0.2, 0.25) is 0 Å². The number of benzene rings is 1. The zero-order valence-electron chi connectivity index (χ0n) is 12.3. The molecule has 0 bridgehead atoms. The van der Waals surface area contributed by atoms with Gasteiger partial charge in [0.25, 0.3) is 0 Å². The summed E-state index contributed by atoms with van der Waals surface area (Å²) in [6, 6.07) is 8.96. The van der Waals surface area contributed by atoms with Gasteiger partial charge in [-0.3, -0.25) is 9.59 Å². The molecule has 21 heavy (non-hydrogen) atoms. The molecule has 1 rings (SSSR count). The highest BCUT2D eigenvalue weighted by atomic mass is 16.6. The first-order valence-electron chi connectivity index (χ1n) is 6.97. The molecular weight excluding hydrogens is 272 g/mol. The summed E-state index contributed by atoms with van der Waals surface area (Å²) < 4.78 is 9.93. The molecule has 0 fully saturated rings. The molecule has 0 heterocycles. The minimum Gasteiger partial charge on any atom is -0.465 e. The van der Waals surface area contributed by atoms with Crippen LogP contribution in [0.15, 0.2) is 30.3 Å². The summed E-state index contributed by atoms with van der Waals surface area (Å²) in [4.78, 5) is 35.2. The largest absolute Gasteiger partial charge is 0.465 e. The Morgan fingerprint density at radius 1 is 1.05 bits per heavy atom. The first kappa shape index (κ1) is 16.9. The molecule has 5 nitrogen and oxygen atoms in total. The Morgan fingerprint density at radius 2 is 1.57 bits per heavy atom. The summed E-state index contributed by atoms with van der Waals surface area (Å²) in [5.41, 5.74) is 0.732. The van der Waals surface area contributed by atoms with Gasteiger partial charge < -0.3 is 14.3 Å². The molecule has 1 aromatic rings. The zero-order valence-corrected chi connectivity index (χ0v) is 12.3. The van der Waals surface area contributed by atoms with Crippen molar-refractivity contribution in [3.8, 4) is 0 Å². The molecule has 0 unspecified atom stereocenters. The van der Waals surface area contributed by atoms with Gasteiger partial charge in [0, 0.05) is 12.3 Å². The molecule has 0 amide bonds. The minimum absolute atomic E-state index is 0.0479. The number of rotatable bonds is 8. The van der Waals surface area contributed by atoms with Gasteiger partial charge in [-0.25, -0.2) is 0 Å². The molecule has 1 aromatic carbocycles. The monoisotopic (exact) mass is 292 g/mol. The van der Waals surface area contributed by atoms with Crippen LogP contribution in [0.4, 0.5) is 0 Å². The van der Waals surface area contributed by atoms with E-state index < -0.39 is 23.8 Å². The molecule has 0 spiro atoms. The molecule has 0 aliphatic heterocycles. The highest BCUT2D eigenvalue weighted by Crippen LogP contribution is 2.29. The van der Waals surface area contributed by atoms with Crippen molar-refractivity contribution in [2.45, 2.75) is 26.2 Å². The van der Waals surface area contributed by atoms with Crippen molar-refractivity contribution in [3.05, 3.63) is 35.9 Å².